The number of hydrogen-bond acceptors (Lipinski definition) is 3. The molecule has 0 saturated heterocycles. The summed E-state index contributed by atoms with van der Waals surface area (Å²) in [6, 6.07) is 17.6. The third kappa shape index (κ3) is 7.47. The average Bonchev–Trinajstić information content (AvgIpc) is 3.16. The van der Waals surface area contributed by atoms with Crippen LogP contribution in [0.3, 0.4) is 0 Å². The fourth-order valence-electron chi connectivity index (χ4n) is 3.64. The molecular formula is C24H35IN4O. The van der Waals surface area contributed by atoms with Crippen molar-refractivity contribution in [2.75, 3.05) is 38.3 Å². The van der Waals surface area contributed by atoms with Crippen LogP contribution in [0.2, 0.25) is 0 Å². The highest BCUT2D eigenvalue weighted by Crippen LogP contribution is 2.28. The topological polar surface area (TPSA) is 48.9 Å². The van der Waals surface area contributed by atoms with Gasteiger partial charge in [0.1, 0.15) is 0 Å². The van der Waals surface area contributed by atoms with E-state index in [1.54, 1.807) is 0 Å². The molecule has 0 bridgehead atoms. The van der Waals surface area contributed by atoms with Crippen LogP contribution in [0.25, 0.3) is 0 Å². The number of halogens is 1. The number of hydrogen-bond donors (Lipinski definition) is 2. The molecule has 5 nitrogen and oxygen atoms in total. The van der Waals surface area contributed by atoms with Crippen LogP contribution in [0.15, 0.2) is 53.5 Å². The molecule has 0 saturated carbocycles. The number of para-hydroxylation sites is 1. The lowest BCUT2D eigenvalue weighted by Gasteiger charge is -2.19. The van der Waals surface area contributed by atoms with Crippen LogP contribution in [0.5, 0.6) is 0 Å². The van der Waals surface area contributed by atoms with E-state index >= 15 is 0 Å². The van der Waals surface area contributed by atoms with Gasteiger partial charge in [-0.1, -0.05) is 42.5 Å². The number of fused-ring (bicyclic) bond motifs is 1. The summed E-state index contributed by atoms with van der Waals surface area (Å²) in [7, 11) is 1.81. The van der Waals surface area contributed by atoms with Gasteiger partial charge >= 0.3 is 0 Å². The summed E-state index contributed by atoms with van der Waals surface area (Å²) in [5.74, 6) is 0.846. The Hall–Kier alpha value is -1.80. The van der Waals surface area contributed by atoms with Crippen molar-refractivity contribution in [3.8, 4) is 0 Å². The highest BCUT2D eigenvalue weighted by Gasteiger charge is 2.17. The first-order valence-corrected chi connectivity index (χ1v) is 10.7. The normalized spacial score (nSPS) is 13.0. The van der Waals surface area contributed by atoms with Gasteiger partial charge in [-0.3, -0.25) is 4.99 Å². The molecule has 2 aromatic rings. The molecule has 0 aromatic heterocycles. The summed E-state index contributed by atoms with van der Waals surface area (Å²) in [6.07, 6.45) is 3.30. The van der Waals surface area contributed by atoms with Gasteiger partial charge in [0.05, 0.1) is 0 Å². The Balaban J connectivity index is 0.00000320. The first-order chi connectivity index (χ1) is 14.3. The molecule has 2 N–H and O–H groups in total. The van der Waals surface area contributed by atoms with Gasteiger partial charge in [-0.15, -0.1) is 24.0 Å². The molecule has 0 spiro atoms. The second kappa shape index (κ2) is 13.5. The molecule has 1 aliphatic heterocycles. The molecule has 30 heavy (non-hydrogen) atoms. The monoisotopic (exact) mass is 522 g/mol. The van der Waals surface area contributed by atoms with Crippen LogP contribution in [0.4, 0.5) is 5.69 Å². The van der Waals surface area contributed by atoms with Crippen molar-refractivity contribution in [2.24, 2.45) is 4.99 Å². The van der Waals surface area contributed by atoms with E-state index in [9.17, 15) is 0 Å². The second-order valence-electron chi connectivity index (χ2n) is 7.37. The predicted octanol–water partition coefficient (Wildman–Crippen LogP) is 4.35. The van der Waals surface area contributed by atoms with Crippen molar-refractivity contribution in [1.82, 2.24) is 10.6 Å². The van der Waals surface area contributed by atoms with E-state index in [-0.39, 0.29) is 24.0 Å². The van der Waals surface area contributed by atoms with Crippen LogP contribution in [-0.4, -0.2) is 39.3 Å². The van der Waals surface area contributed by atoms with Crippen LogP contribution < -0.4 is 15.5 Å². The molecular weight excluding hydrogens is 487 g/mol. The number of guanidine groups is 1. The number of benzene rings is 2. The molecule has 1 aliphatic rings. The summed E-state index contributed by atoms with van der Waals surface area (Å²) < 4.78 is 5.36. The largest absolute Gasteiger partial charge is 0.382 e. The maximum atomic E-state index is 5.36. The molecule has 1 heterocycles. The van der Waals surface area contributed by atoms with Gasteiger partial charge in [0, 0.05) is 52.1 Å². The molecule has 0 atom stereocenters. The smallest absolute Gasteiger partial charge is 0.191 e. The molecule has 2 aromatic carbocycles. The van der Waals surface area contributed by atoms with Crippen molar-refractivity contribution in [3.05, 3.63) is 65.2 Å². The van der Waals surface area contributed by atoms with E-state index in [4.69, 9.17) is 4.74 Å². The van der Waals surface area contributed by atoms with Crippen LogP contribution in [0.1, 0.15) is 36.5 Å². The fraction of sp³-hybridized carbons (Fsp3) is 0.458. The van der Waals surface area contributed by atoms with Crippen LogP contribution in [-0.2, 0) is 24.2 Å². The maximum Gasteiger partial charge on any atom is 0.191 e. The summed E-state index contributed by atoms with van der Waals surface area (Å²) in [5, 5.41) is 6.75. The molecule has 3 rings (SSSR count). The van der Waals surface area contributed by atoms with Gasteiger partial charge < -0.3 is 20.3 Å². The minimum Gasteiger partial charge on any atom is -0.382 e. The summed E-state index contributed by atoms with van der Waals surface area (Å²) >= 11 is 0. The minimum absolute atomic E-state index is 0. The Morgan fingerprint density at radius 2 is 1.80 bits per heavy atom. The number of rotatable bonds is 10. The highest BCUT2D eigenvalue weighted by molar-refractivity contribution is 14.0. The summed E-state index contributed by atoms with van der Waals surface area (Å²) in [5.41, 5.74) is 5.46. The first kappa shape index (κ1) is 24.5. The van der Waals surface area contributed by atoms with Gasteiger partial charge in [0.15, 0.2) is 5.96 Å². The van der Waals surface area contributed by atoms with Gasteiger partial charge in [0.25, 0.3) is 0 Å². The Morgan fingerprint density at radius 1 is 1.03 bits per heavy atom. The standard InChI is InChI=1S/C24H34N4O.HI/c1-3-29-17-7-6-15-26-24(25-2)27-18-20-10-12-21(13-11-20)19-28-16-14-22-8-4-5-9-23(22)28;/h4-5,8-13H,3,6-7,14-19H2,1-2H3,(H2,25,26,27);1H. The third-order valence-electron chi connectivity index (χ3n) is 5.28. The van der Waals surface area contributed by atoms with Gasteiger partial charge in [-0.2, -0.15) is 0 Å². The first-order valence-electron chi connectivity index (χ1n) is 10.7. The Morgan fingerprint density at radius 3 is 2.57 bits per heavy atom. The molecule has 0 unspecified atom stereocenters. The zero-order valence-electron chi connectivity index (χ0n) is 18.2. The second-order valence-corrected chi connectivity index (χ2v) is 7.37. The Bertz CT molecular complexity index is 779. The molecule has 6 heteroatoms. The average molecular weight is 522 g/mol. The number of ether oxygens (including phenoxy) is 1. The lowest BCUT2D eigenvalue weighted by molar-refractivity contribution is 0.143. The minimum atomic E-state index is 0. The van der Waals surface area contributed by atoms with Crippen molar-refractivity contribution in [2.45, 2.75) is 39.3 Å². The zero-order chi connectivity index (χ0) is 20.3. The number of nitrogens with zero attached hydrogens (tertiary/aromatic N) is 2. The van der Waals surface area contributed by atoms with Gasteiger partial charge in [-0.05, 0) is 48.9 Å². The van der Waals surface area contributed by atoms with E-state index in [1.807, 2.05) is 14.0 Å². The van der Waals surface area contributed by atoms with E-state index in [0.717, 1.165) is 64.6 Å². The number of nitrogens with one attached hydrogen (secondary N) is 2. The Kier molecular flexibility index (Phi) is 11.0. The number of aliphatic imine (C=N–C) groups is 1. The van der Waals surface area contributed by atoms with Crippen molar-refractivity contribution in [3.63, 3.8) is 0 Å². The third-order valence-corrected chi connectivity index (χ3v) is 5.28. The van der Waals surface area contributed by atoms with E-state index in [2.05, 4.69) is 69.1 Å². The van der Waals surface area contributed by atoms with Crippen LogP contribution in [0, 0.1) is 0 Å². The van der Waals surface area contributed by atoms with Crippen molar-refractivity contribution < 1.29 is 4.74 Å². The van der Waals surface area contributed by atoms with E-state index in [1.165, 1.54) is 22.4 Å². The fourth-order valence-corrected chi connectivity index (χ4v) is 3.64. The Labute approximate surface area is 198 Å². The highest BCUT2D eigenvalue weighted by atomic mass is 127. The lowest BCUT2D eigenvalue weighted by Crippen LogP contribution is -2.37. The number of unbranched alkanes of at least 4 members (excludes halogenated alkanes) is 1. The van der Waals surface area contributed by atoms with E-state index in [0.29, 0.717) is 0 Å². The summed E-state index contributed by atoms with van der Waals surface area (Å²) in [4.78, 5) is 6.77. The quantitative estimate of drug-likeness (QED) is 0.211. The van der Waals surface area contributed by atoms with E-state index < -0.39 is 0 Å². The lowest BCUT2D eigenvalue weighted by atomic mass is 10.1. The predicted molar refractivity (Wildman–Crippen MR) is 137 cm³/mol. The maximum absolute atomic E-state index is 5.36. The van der Waals surface area contributed by atoms with Gasteiger partial charge in [0.2, 0.25) is 0 Å². The SMILES string of the molecule is CCOCCCCNC(=NC)NCc1ccc(CN2CCc3ccccc32)cc1.I. The molecule has 0 aliphatic carbocycles. The number of anilines is 1. The van der Waals surface area contributed by atoms with Gasteiger partial charge in [-0.25, -0.2) is 0 Å². The van der Waals surface area contributed by atoms with Crippen molar-refractivity contribution in [1.29, 1.82) is 0 Å². The summed E-state index contributed by atoms with van der Waals surface area (Å²) in [6.45, 7) is 7.40. The molecule has 0 fully saturated rings. The zero-order valence-corrected chi connectivity index (χ0v) is 20.5. The molecule has 0 amide bonds. The van der Waals surface area contributed by atoms with Crippen LogP contribution >= 0.6 is 24.0 Å². The molecule has 164 valence electrons. The molecule has 0 radical (unpaired) electrons. The van der Waals surface area contributed by atoms with Crippen molar-refractivity contribution >= 4 is 35.6 Å².